The van der Waals surface area contributed by atoms with Gasteiger partial charge in [0.25, 0.3) is 5.91 Å². The Morgan fingerprint density at radius 1 is 1.17 bits per heavy atom. The van der Waals surface area contributed by atoms with Crippen molar-refractivity contribution < 1.29 is 9.53 Å². The van der Waals surface area contributed by atoms with E-state index in [1.54, 1.807) is 18.3 Å². The molecule has 0 heterocycles. The van der Waals surface area contributed by atoms with Crippen molar-refractivity contribution in [2.45, 2.75) is 6.92 Å². The molecule has 0 aliphatic heterocycles. The minimum absolute atomic E-state index is 0.250. The van der Waals surface area contributed by atoms with Crippen molar-refractivity contribution in [3.8, 4) is 5.75 Å². The van der Waals surface area contributed by atoms with Crippen molar-refractivity contribution in [3.63, 3.8) is 0 Å². The zero-order chi connectivity index (χ0) is 16.7. The number of hydrogen-bond acceptors (Lipinski definition) is 4. The van der Waals surface area contributed by atoms with Crippen molar-refractivity contribution >= 4 is 17.8 Å². The van der Waals surface area contributed by atoms with Gasteiger partial charge in [0.2, 0.25) is 0 Å². The molecule has 0 atom stereocenters. The summed E-state index contributed by atoms with van der Waals surface area (Å²) < 4.78 is 5.51. The lowest BCUT2D eigenvalue weighted by Gasteiger charge is -2.12. The van der Waals surface area contributed by atoms with Crippen LogP contribution in [-0.2, 0) is 0 Å². The quantitative estimate of drug-likeness (QED) is 0.659. The van der Waals surface area contributed by atoms with Gasteiger partial charge in [-0.1, -0.05) is 12.1 Å². The molecule has 1 amide bonds. The van der Waals surface area contributed by atoms with E-state index in [2.05, 4.69) is 10.5 Å². The third kappa shape index (κ3) is 4.57. The molecule has 0 fully saturated rings. The summed E-state index contributed by atoms with van der Waals surface area (Å²) in [6.07, 6.45) is 1.58. The van der Waals surface area contributed by atoms with Crippen molar-refractivity contribution in [1.29, 1.82) is 0 Å². The second-order valence-corrected chi connectivity index (χ2v) is 5.11. The summed E-state index contributed by atoms with van der Waals surface area (Å²) in [6.45, 7) is 2.50. The molecule has 0 aliphatic carbocycles. The fraction of sp³-hybridized carbons (Fsp3) is 0.222. The van der Waals surface area contributed by atoms with E-state index >= 15 is 0 Å². The van der Waals surface area contributed by atoms with E-state index in [4.69, 9.17) is 4.74 Å². The molecule has 2 aromatic carbocycles. The van der Waals surface area contributed by atoms with Gasteiger partial charge in [0.1, 0.15) is 5.75 Å². The Morgan fingerprint density at radius 3 is 2.52 bits per heavy atom. The SMILES string of the molecule is CCOc1ccccc1/C=N/NC(=O)c1ccc(N(C)C)cc1. The zero-order valence-corrected chi connectivity index (χ0v) is 13.6. The molecule has 5 nitrogen and oxygen atoms in total. The number of nitrogens with zero attached hydrogens (tertiary/aromatic N) is 2. The number of hydrazone groups is 1. The molecule has 23 heavy (non-hydrogen) atoms. The summed E-state index contributed by atoms with van der Waals surface area (Å²) in [6, 6.07) is 14.9. The Morgan fingerprint density at radius 2 is 1.87 bits per heavy atom. The number of rotatable bonds is 6. The van der Waals surface area contributed by atoms with Crippen LogP contribution in [0.1, 0.15) is 22.8 Å². The van der Waals surface area contributed by atoms with Gasteiger partial charge in [-0.15, -0.1) is 0 Å². The maximum Gasteiger partial charge on any atom is 0.271 e. The number of hydrogen-bond donors (Lipinski definition) is 1. The number of carbonyl (C=O) groups excluding carboxylic acids is 1. The van der Waals surface area contributed by atoms with Crippen LogP contribution >= 0.6 is 0 Å². The van der Waals surface area contributed by atoms with Crippen LogP contribution in [0.15, 0.2) is 53.6 Å². The first-order valence-corrected chi connectivity index (χ1v) is 7.44. The largest absolute Gasteiger partial charge is 0.493 e. The Kier molecular flexibility index (Phi) is 5.74. The highest BCUT2D eigenvalue weighted by Crippen LogP contribution is 2.15. The molecule has 1 N–H and O–H groups in total. The third-order valence-electron chi connectivity index (χ3n) is 3.23. The Bertz CT molecular complexity index is 679. The van der Waals surface area contributed by atoms with Gasteiger partial charge in [0.15, 0.2) is 0 Å². The van der Waals surface area contributed by atoms with Gasteiger partial charge in [-0.25, -0.2) is 5.43 Å². The van der Waals surface area contributed by atoms with Gasteiger partial charge in [-0.2, -0.15) is 5.10 Å². The van der Waals surface area contributed by atoms with E-state index in [1.165, 1.54) is 0 Å². The number of nitrogens with one attached hydrogen (secondary N) is 1. The van der Waals surface area contributed by atoms with Crippen molar-refractivity contribution in [1.82, 2.24) is 5.43 Å². The van der Waals surface area contributed by atoms with E-state index in [-0.39, 0.29) is 5.91 Å². The minimum atomic E-state index is -0.250. The van der Waals surface area contributed by atoms with E-state index < -0.39 is 0 Å². The molecule has 0 aromatic heterocycles. The summed E-state index contributed by atoms with van der Waals surface area (Å²) in [5.74, 6) is 0.490. The summed E-state index contributed by atoms with van der Waals surface area (Å²) in [4.78, 5) is 14.0. The predicted octanol–water partition coefficient (Wildman–Crippen LogP) is 2.92. The van der Waals surface area contributed by atoms with Crippen LogP contribution in [0.3, 0.4) is 0 Å². The standard InChI is InChI=1S/C18H21N3O2/c1-4-23-17-8-6-5-7-15(17)13-19-20-18(22)14-9-11-16(12-10-14)21(2)3/h5-13H,4H2,1-3H3,(H,20,22)/b19-13+. The molecule has 0 bridgehead atoms. The molecule has 0 aliphatic rings. The topological polar surface area (TPSA) is 53.9 Å². The van der Waals surface area contributed by atoms with E-state index in [1.807, 2.05) is 62.3 Å². The summed E-state index contributed by atoms with van der Waals surface area (Å²) >= 11 is 0. The monoisotopic (exact) mass is 311 g/mol. The second-order valence-electron chi connectivity index (χ2n) is 5.11. The number of ether oxygens (including phenoxy) is 1. The predicted molar refractivity (Wildman–Crippen MR) is 93.4 cm³/mol. The summed E-state index contributed by atoms with van der Waals surface area (Å²) in [5.41, 5.74) is 4.94. The molecule has 0 spiro atoms. The molecular formula is C18H21N3O2. The lowest BCUT2D eigenvalue weighted by molar-refractivity contribution is 0.0955. The van der Waals surface area contributed by atoms with Gasteiger partial charge in [0, 0.05) is 30.9 Å². The van der Waals surface area contributed by atoms with Crippen molar-refractivity contribution in [2.75, 3.05) is 25.6 Å². The van der Waals surface area contributed by atoms with Crippen molar-refractivity contribution in [2.24, 2.45) is 5.10 Å². The van der Waals surface area contributed by atoms with E-state index in [0.29, 0.717) is 12.2 Å². The number of carbonyl (C=O) groups is 1. The summed E-state index contributed by atoms with van der Waals surface area (Å²) in [5, 5.41) is 4.00. The van der Waals surface area contributed by atoms with Crippen LogP contribution in [0, 0.1) is 0 Å². The molecule has 0 radical (unpaired) electrons. The Balaban J connectivity index is 2.01. The first-order valence-electron chi connectivity index (χ1n) is 7.44. The highest BCUT2D eigenvalue weighted by atomic mass is 16.5. The van der Waals surface area contributed by atoms with E-state index in [0.717, 1.165) is 17.0 Å². The van der Waals surface area contributed by atoms with Gasteiger partial charge < -0.3 is 9.64 Å². The number of benzene rings is 2. The van der Waals surface area contributed by atoms with Crippen molar-refractivity contribution in [3.05, 3.63) is 59.7 Å². The highest BCUT2D eigenvalue weighted by molar-refractivity contribution is 5.95. The van der Waals surface area contributed by atoms with Gasteiger partial charge in [0.05, 0.1) is 12.8 Å². The number of anilines is 1. The average molecular weight is 311 g/mol. The van der Waals surface area contributed by atoms with Gasteiger partial charge >= 0.3 is 0 Å². The molecule has 2 aromatic rings. The second kappa shape index (κ2) is 7.98. The zero-order valence-electron chi connectivity index (χ0n) is 13.6. The van der Waals surface area contributed by atoms with Gasteiger partial charge in [-0.05, 0) is 43.3 Å². The maximum atomic E-state index is 12.1. The first-order chi connectivity index (χ1) is 11.1. The molecule has 5 heteroatoms. The minimum Gasteiger partial charge on any atom is -0.493 e. The number of para-hydroxylation sites is 1. The average Bonchev–Trinajstić information content (AvgIpc) is 2.56. The van der Waals surface area contributed by atoms with Crippen LogP contribution in [0.5, 0.6) is 5.75 Å². The molecule has 0 unspecified atom stereocenters. The molecular weight excluding hydrogens is 290 g/mol. The normalized spacial score (nSPS) is 10.6. The third-order valence-corrected chi connectivity index (χ3v) is 3.23. The van der Waals surface area contributed by atoms with Crippen LogP contribution in [-0.4, -0.2) is 32.8 Å². The molecule has 0 saturated heterocycles. The lowest BCUT2D eigenvalue weighted by Crippen LogP contribution is -2.18. The Labute approximate surface area is 136 Å². The van der Waals surface area contributed by atoms with Crippen LogP contribution in [0.2, 0.25) is 0 Å². The fourth-order valence-corrected chi connectivity index (χ4v) is 2.01. The highest BCUT2D eigenvalue weighted by Gasteiger charge is 2.05. The van der Waals surface area contributed by atoms with Crippen LogP contribution in [0.25, 0.3) is 0 Å². The maximum absolute atomic E-state index is 12.1. The Hall–Kier alpha value is -2.82. The summed E-state index contributed by atoms with van der Waals surface area (Å²) in [7, 11) is 3.91. The lowest BCUT2D eigenvalue weighted by atomic mass is 10.2. The van der Waals surface area contributed by atoms with E-state index in [9.17, 15) is 4.79 Å². The van der Waals surface area contributed by atoms with Crippen LogP contribution < -0.4 is 15.1 Å². The van der Waals surface area contributed by atoms with Crippen LogP contribution in [0.4, 0.5) is 5.69 Å². The molecule has 0 saturated carbocycles. The van der Waals surface area contributed by atoms with Gasteiger partial charge in [-0.3, -0.25) is 4.79 Å². The molecule has 120 valence electrons. The fourth-order valence-electron chi connectivity index (χ4n) is 2.01. The smallest absolute Gasteiger partial charge is 0.271 e. The number of amides is 1. The molecule has 2 rings (SSSR count). The first kappa shape index (κ1) is 16.5.